The summed E-state index contributed by atoms with van der Waals surface area (Å²) in [6, 6.07) is 0. The van der Waals surface area contributed by atoms with Crippen molar-refractivity contribution in [1.29, 1.82) is 0 Å². The van der Waals surface area contributed by atoms with Gasteiger partial charge in [-0.1, -0.05) is 11.8 Å². The number of primary amides is 1. The first-order chi connectivity index (χ1) is 6.91. The van der Waals surface area contributed by atoms with Crippen molar-refractivity contribution in [3.8, 4) is 0 Å². The molecule has 6 nitrogen and oxygen atoms in total. The molecule has 1 aromatic heterocycles. The van der Waals surface area contributed by atoms with Crippen LogP contribution in [-0.4, -0.2) is 31.9 Å². The Kier molecular flexibility index (Phi) is 3.67. The molecule has 1 heterocycles. The minimum Gasteiger partial charge on any atom is -0.370 e. The van der Waals surface area contributed by atoms with Gasteiger partial charge in [0.2, 0.25) is 11.1 Å². The quantitative estimate of drug-likeness (QED) is 0.755. The van der Waals surface area contributed by atoms with Crippen LogP contribution in [0.1, 0.15) is 27.2 Å². The molecular weight excluding hydrogens is 214 g/mol. The number of rotatable bonds is 4. The standard InChI is InChI=1S/C8H15N5OS/c1-8(2,3)13-7(10-11-12-13)15-5-4-6(9)14/h4-5H2,1-3H3,(H2,9,14). The van der Waals surface area contributed by atoms with Gasteiger partial charge in [-0.2, -0.15) is 0 Å². The number of thioether (sulfide) groups is 1. The fourth-order valence-corrected chi connectivity index (χ4v) is 1.95. The second-order valence-corrected chi connectivity index (χ2v) is 5.17. The largest absolute Gasteiger partial charge is 0.370 e. The summed E-state index contributed by atoms with van der Waals surface area (Å²) in [6.07, 6.45) is 0.335. The number of hydrogen-bond acceptors (Lipinski definition) is 5. The van der Waals surface area contributed by atoms with E-state index in [9.17, 15) is 4.79 Å². The number of nitrogens with zero attached hydrogens (tertiary/aromatic N) is 4. The number of nitrogens with two attached hydrogens (primary N) is 1. The number of carbonyl (C=O) groups is 1. The summed E-state index contributed by atoms with van der Waals surface area (Å²) >= 11 is 1.43. The Labute approximate surface area is 92.6 Å². The monoisotopic (exact) mass is 229 g/mol. The van der Waals surface area contributed by atoms with Gasteiger partial charge in [-0.3, -0.25) is 4.79 Å². The summed E-state index contributed by atoms with van der Waals surface area (Å²) in [5, 5.41) is 12.1. The Hall–Kier alpha value is -1.11. The Morgan fingerprint density at radius 1 is 1.53 bits per heavy atom. The molecule has 2 N–H and O–H groups in total. The maximum Gasteiger partial charge on any atom is 0.218 e. The van der Waals surface area contributed by atoms with Crippen LogP contribution in [0.25, 0.3) is 0 Å². The fraction of sp³-hybridized carbons (Fsp3) is 0.750. The van der Waals surface area contributed by atoms with Gasteiger partial charge in [0.05, 0.1) is 5.54 Å². The molecule has 0 bridgehead atoms. The highest BCUT2D eigenvalue weighted by atomic mass is 32.2. The average Bonchev–Trinajstić information content (AvgIpc) is 2.50. The van der Waals surface area contributed by atoms with Crippen LogP contribution in [0.2, 0.25) is 0 Å². The van der Waals surface area contributed by atoms with Gasteiger partial charge in [-0.05, 0) is 31.2 Å². The second-order valence-electron chi connectivity index (χ2n) is 4.11. The van der Waals surface area contributed by atoms with Crippen LogP contribution in [0.3, 0.4) is 0 Å². The van der Waals surface area contributed by atoms with E-state index in [1.165, 1.54) is 11.8 Å². The summed E-state index contributed by atoms with van der Waals surface area (Å²) in [5.41, 5.74) is 4.89. The van der Waals surface area contributed by atoms with Crippen LogP contribution in [0.5, 0.6) is 0 Å². The van der Waals surface area contributed by atoms with Crippen molar-refractivity contribution in [3.05, 3.63) is 0 Å². The predicted molar refractivity (Wildman–Crippen MR) is 57.3 cm³/mol. The Balaban J connectivity index is 2.62. The molecule has 0 aliphatic carbocycles. The molecule has 0 atom stereocenters. The van der Waals surface area contributed by atoms with Crippen LogP contribution in [0.15, 0.2) is 5.16 Å². The smallest absolute Gasteiger partial charge is 0.218 e. The molecule has 0 saturated heterocycles. The van der Waals surface area contributed by atoms with Gasteiger partial charge < -0.3 is 5.73 Å². The Morgan fingerprint density at radius 2 is 2.20 bits per heavy atom. The van der Waals surface area contributed by atoms with Crippen LogP contribution >= 0.6 is 11.8 Å². The van der Waals surface area contributed by atoms with Crippen molar-refractivity contribution in [3.63, 3.8) is 0 Å². The van der Waals surface area contributed by atoms with Crippen LogP contribution in [-0.2, 0) is 10.3 Å². The lowest BCUT2D eigenvalue weighted by molar-refractivity contribution is -0.117. The molecule has 1 rings (SSSR count). The average molecular weight is 229 g/mol. The number of hydrogen-bond donors (Lipinski definition) is 1. The number of carbonyl (C=O) groups excluding carboxylic acids is 1. The maximum atomic E-state index is 10.6. The Bertz CT molecular complexity index is 343. The van der Waals surface area contributed by atoms with Crippen molar-refractivity contribution in [2.24, 2.45) is 5.73 Å². The first-order valence-electron chi connectivity index (χ1n) is 4.61. The Morgan fingerprint density at radius 3 is 2.73 bits per heavy atom. The van der Waals surface area contributed by atoms with E-state index in [-0.39, 0.29) is 11.4 Å². The van der Waals surface area contributed by atoms with E-state index in [2.05, 4.69) is 15.5 Å². The number of amides is 1. The van der Waals surface area contributed by atoms with Gasteiger partial charge in [0.1, 0.15) is 0 Å². The summed E-state index contributed by atoms with van der Waals surface area (Å²) < 4.78 is 1.73. The van der Waals surface area contributed by atoms with E-state index in [0.717, 1.165) is 0 Å². The molecule has 0 saturated carbocycles. The van der Waals surface area contributed by atoms with Gasteiger partial charge in [0, 0.05) is 12.2 Å². The number of tetrazole rings is 1. The third-order valence-electron chi connectivity index (χ3n) is 1.66. The van der Waals surface area contributed by atoms with Crippen molar-refractivity contribution in [2.45, 2.75) is 37.9 Å². The molecule has 7 heteroatoms. The molecule has 0 aromatic carbocycles. The molecule has 0 aliphatic heterocycles. The van der Waals surface area contributed by atoms with Crippen LogP contribution in [0, 0.1) is 0 Å². The zero-order valence-corrected chi connectivity index (χ0v) is 9.91. The van der Waals surface area contributed by atoms with Crippen LogP contribution < -0.4 is 5.73 Å². The molecule has 0 radical (unpaired) electrons. The minimum atomic E-state index is -0.308. The highest BCUT2D eigenvalue weighted by Crippen LogP contribution is 2.21. The van der Waals surface area contributed by atoms with E-state index in [1.54, 1.807) is 4.68 Å². The maximum absolute atomic E-state index is 10.6. The van der Waals surface area contributed by atoms with Crippen molar-refractivity contribution in [2.75, 3.05) is 5.75 Å². The predicted octanol–water partition coefficient (Wildman–Crippen LogP) is 0.396. The fourth-order valence-electron chi connectivity index (χ4n) is 0.933. The highest BCUT2D eigenvalue weighted by molar-refractivity contribution is 7.99. The lowest BCUT2D eigenvalue weighted by Gasteiger charge is -2.19. The molecule has 15 heavy (non-hydrogen) atoms. The van der Waals surface area contributed by atoms with Gasteiger partial charge >= 0.3 is 0 Å². The van der Waals surface area contributed by atoms with Gasteiger partial charge in [-0.25, -0.2) is 4.68 Å². The van der Waals surface area contributed by atoms with Crippen molar-refractivity contribution < 1.29 is 4.79 Å². The normalized spacial score (nSPS) is 11.7. The minimum absolute atomic E-state index is 0.154. The third-order valence-corrected chi connectivity index (χ3v) is 2.58. The van der Waals surface area contributed by atoms with Crippen molar-refractivity contribution >= 4 is 17.7 Å². The zero-order valence-electron chi connectivity index (χ0n) is 9.10. The number of aromatic nitrogens is 4. The molecule has 0 spiro atoms. The topological polar surface area (TPSA) is 86.7 Å². The molecule has 1 amide bonds. The van der Waals surface area contributed by atoms with E-state index in [0.29, 0.717) is 17.3 Å². The van der Waals surface area contributed by atoms with E-state index in [1.807, 2.05) is 20.8 Å². The third kappa shape index (κ3) is 3.50. The molecule has 0 unspecified atom stereocenters. The second kappa shape index (κ2) is 4.61. The summed E-state index contributed by atoms with van der Waals surface area (Å²) in [7, 11) is 0. The molecule has 0 fully saturated rings. The lowest BCUT2D eigenvalue weighted by Crippen LogP contribution is -2.24. The lowest BCUT2D eigenvalue weighted by atomic mass is 10.1. The first kappa shape index (κ1) is 12.0. The van der Waals surface area contributed by atoms with Gasteiger partial charge in [-0.15, -0.1) is 5.10 Å². The van der Waals surface area contributed by atoms with E-state index < -0.39 is 0 Å². The summed E-state index contributed by atoms with van der Waals surface area (Å²) in [4.78, 5) is 10.6. The van der Waals surface area contributed by atoms with Crippen molar-refractivity contribution in [1.82, 2.24) is 20.2 Å². The van der Waals surface area contributed by atoms with Gasteiger partial charge in [0.25, 0.3) is 0 Å². The summed E-state index contributed by atoms with van der Waals surface area (Å²) in [5.74, 6) is 0.295. The molecule has 0 aliphatic rings. The molecule has 84 valence electrons. The summed E-state index contributed by atoms with van der Waals surface area (Å²) in [6.45, 7) is 6.05. The zero-order chi connectivity index (χ0) is 11.5. The van der Waals surface area contributed by atoms with Crippen LogP contribution in [0.4, 0.5) is 0 Å². The van der Waals surface area contributed by atoms with E-state index >= 15 is 0 Å². The highest BCUT2D eigenvalue weighted by Gasteiger charge is 2.19. The van der Waals surface area contributed by atoms with Gasteiger partial charge in [0.15, 0.2) is 0 Å². The molecular formula is C8H15N5OS. The van der Waals surface area contributed by atoms with E-state index in [4.69, 9.17) is 5.73 Å². The first-order valence-corrected chi connectivity index (χ1v) is 5.60. The molecule has 1 aromatic rings. The SMILES string of the molecule is CC(C)(C)n1nnnc1SCCC(N)=O.